The van der Waals surface area contributed by atoms with E-state index >= 15 is 0 Å². The number of benzene rings is 1. The molecule has 0 bridgehead atoms. The summed E-state index contributed by atoms with van der Waals surface area (Å²) in [5.41, 5.74) is 6.70. The largest absolute Gasteiger partial charge is 0.376 e. The number of thioether (sulfide) groups is 1. The molecule has 5 nitrogen and oxygen atoms in total. The molecule has 1 aromatic rings. The molecule has 26 heavy (non-hydrogen) atoms. The molecule has 144 valence electrons. The number of nitrogens with two attached hydrogens (primary N) is 1. The van der Waals surface area contributed by atoms with Crippen molar-refractivity contribution in [3.63, 3.8) is 0 Å². The van der Waals surface area contributed by atoms with E-state index < -0.39 is 0 Å². The van der Waals surface area contributed by atoms with Crippen molar-refractivity contribution in [2.75, 3.05) is 50.8 Å². The fourth-order valence-corrected chi connectivity index (χ4v) is 4.61. The maximum Gasteiger partial charge on any atom is 0.191 e. The van der Waals surface area contributed by atoms with Crippen LogP contribution < -0.4 is 5.73 Å². The second kappa shape index (κ2) is 9.26. The van der Waals surface area contributed by atoms with E-state index in [0.29, 0.717) is 36.2 Å². The van der Waals surface area contributed by atoms with E-state index in [1.165, 1.54) is 6.07 Å². The number of hydrogen-bond donors (Lipinski definition) is 1. The quantitative estimate of drug-likeness (QED) is 0.622. The molecule has 0 aliphatic carbocycles. The van der Waals surface area contributed by atoms with E-state index in [4.69, 9.17) is 22.1 Å². The van der Waals surface area contributed by atoms with Crippen molar-refractivity contribution in [1.82, 2.24) is 9.80 Å². The molecule has 2 fully saturated rings. The first-order valence-electron chi connectivity index (χ1n) is 8.98. The first kappa shape index (κ1) is 19.7. The molecule has 2 saturated heterocycles. The van der Waals surface area contributed by atoms with Gasteiger partial charge in [0.15, 0.2) is 5.96 Å². The third-order valence-corrected chi connectivity index (χ3v) is 6.08. The van der Waals surface area contributed by atoms with Gasteiger partial charge in [0.05, 0.1) is 25.3 Å². The number of morpholine rings is 1. The fourth-order valence-electron chi connectivity index (χ4n) is 3.42. The SMILES string of the molecule is CC1CN(C(CN=C(N)N2CCSCC2)c2c(F)cccc2Cl)CCO1. The first-order valence-corrected chi connectivity index (χ1v) is 10.5. The van der Waals surface area contributed by atoms with Crippen molar-refractivity contribution < 1.29 is 9.13 Å². The molecular formula is C18H26ClFN4OS. The lowest BCUT2D eigenvalue weighted by Crippen LogP contribution is -2.45. The topological polar surface area (TPSA) is 54.1 Å². The van der Waals surface area contributed by atoms with Crippen LogP contribution in [-0.4, -0.2) is 72.7 Å². The molecule has 1 aromatic carbocycles. The summed E-state index contributed by atoms with van der Waals surface area (Å²) in [7, 11) is 0. The second-order valence-corrected chi connectivity index (χ2v) is 8.26. The lowest BCUT2D eigenvalue weighted by Gasteiger charge is -2.37. The maximum absolute atomic E-state index is 14.6. The Kier molecular flexibility index (Phi) is 7.03. The van der Waals surface area contributed by atoms with E-state index in [1.807, 2.05) is 18.7 Å². The first-order chi connectivity index (χ1) is 12.6. The molecule has 8 heteroatoms. The standard InChI is InChI=1S/C18H26ClFN4OS/c1-13-12-24(5-8-25-13)16(17-14(19)3-2-4-15(17)20)11-22-18(21)23-6-9-26-10-7-23/h2-4,13,16H,5-12H2,1H3,(H2,21,22). The van der Waals surface area contributed by atoms with Crippen LogP contribution in [0.2, 0.25) is 5.02 Å². The molecular weight excluding hydrogens is 375 g/mol. The normalized spacial score (nSPS) is 23.9. The van der Waals surface area contributed by atoms with Crippen molar-refractivity contribution in [3.05, 3.63) is 34.6 Å². The summed E-state index contributed by atoms with van der Waals surface area (Å²) in [5, 5.41) is 0.428. The highest BCUT2D eigenvalue weighted by atomic mass is 35.5. The van der Waals surface area contributed by atoms with Crippen LogP contribution in [0, 0.1) is 5.82 Å². The van der Waals surface area contributed by atoms with Gasteiger partial charge < -0.3 is 15.4 Å². The van der Waals surface area contributed by atoms with E-state index in [-0.39, 0.29) is 18.0 Å². The van der Waals surface area contributed by atoms with Crippen molar-refractivity contribution in [3.8, 4) is 0 Å². The van der Waals surface area contributed by atoms with Gasteiger partial charge in [0.25, 0.3) is 0 Å². The van der Waals surface area contributed by atoms with E-state index in [0.717, 1.165) is 31.1 Å². The molecule has 0 spiro atoms. The third-order valence-electron chi connectivity index (χ3n) is 4.81. The minimum Gasteiger partial charge on any atom is -0.376 e. The summed E-state index contributed by atoms with van der Waals surface area (Å²) in [6.07, 6.45) is 0.0947. The van der Waals surface area contributed by atoms with Crippen LogP contribution >= 0.6 is 23.4 Å². The zero-order valence-electron chi connectivity index (χ0n) is 15.0. The molecule has 2 heterocycles. The van der Waals surface area contributed by atoms with Gasteiger partial charge in [0, 0.05) is 48.3 Å². The van der Waals surface area contributed by atoms with Crippen molar-refractivity contribution in [2.24, 2.45) is 10.7 Å². The highest BCUT2D eigenvalue weighted by molar-refractivity contribution is 7.99. The number of guanidine groups is 1. The number of halogens is 2. The number of nitrogens with zero attached hydrogens (tertiary/aromatic N) is 3. The molecule has 2 aliphatic heterocycles. The van der Waals surface area contributed by atoms with Gasteiger partial charge in [-0.2, -0.15) is 11.8 Å². The van der Waals surface area contributed by atoms with Crippen LogP contribution in [0.1, 0.15) is 18.5 Å². The Hall–Kier alpha value is -1.02. The second-order valence-electron chi connectivity index (χ2n) is 6.63. The summed E-state index contributed by atoms with van der Waals surface area (Å²) in [5.74, 6) is 2.34. The Balaban J connectivity index is 1.83. The van der Waals surface area contributed by atoms with Crippen molar-refractivity contribution in [2.45, 2.75) is 19.1 Å². The summed E-state index contributed by atoms with van der Waals surface area (Å²) in [6, 6.07) is 4.55. The third kappa shape index (κ3) is 4.82. The number of rotatable bonds is 4. The van der Waals surface area contributed by atoms with Crippen LogP contribution in [0.25, 0.3) is 0 Å². The summed E-state index contributed by atoms with van der Waals surface area (Å²) in [4.78, 5) is 8.90. The Labute approximate surface area is 163 Å². The predicted molar refractivity (Wildman–Crippen MR) is 107 cm³/mol. The van der Waals surface area contributed by atoms with Crippen LogP contribution in [0.3, 0.4) is 0 Å². The molecule has 0 aromatic heterocycles. The maximum atomic E-state index is 14.6. The summed E-state index contributed by atoms with van der Waals surface area (Å²) >= 11 is 8.28. The highest BCUT2D eigenvalue weighted by Crippen LogP contribution is 2.31. The molecule has 2 atom stereocenters. The molecule has 2 aliphatic rings. The lowest BCUT2D eigenvalue weighted by atomic mass is 10.0. The Morgan fingerprint density at radius 2 is 2.19 bits per heavy atom. The predicted octanol–water partition coefficient (Wildman–Crippen LogP) is 2.60. The molecule has 0 saturated carbocycles. The van der Waals surface area contributed by atoms with Gasteiger partial charge in [-0.15, -0.1) is 0 Å². The summed E-state index contributed by atoms with van der Waals surface area (Å²) < 4.78 is 20.2. The number of hydrogen-bond acceptors (Lipinski definition) is 4. The average molecular weight is 401 g/mol. The smallest absolute Gasteiger partial charge is 0.191 e. The number of aliphatic imine (C=N–C) groups is 1. The molecule has 0 amide bonds. The Bertz CT molecular complexity index is 621. The van der Waals surface area contributed by atoms with Crippen molar-refractivity contribution >= 4 is 29.3 Å². The molecule has 2 N–H and O–H groups in total. The van der Waals surface area contributed by atoms with Gasteiger partial charge in [0.1, 0.15) is 5.82 Å². The fraction of sp³-hybridized carbons (Fsp3) is 0.611. The van der Waals surface area contributed by atoms with Gasteiger partial charge in [-0.3, -0.25) is 9.89 Å². The Morgan fingerprint density at radius 3 is 2.88 bits per heavy atom. The molecule has 0 radical (unpaired) electrons. The molecule has 3 rings (SSSR count). The highest BCUT2D eigenvalue weighted by Gasteiger charge is 2.29. The van der Waals surface area contributed by atoms with Gasteiger partial charge in [-0.1, -0.05) is 17.7 Å². The minimum atomic E-state index is -0.301. The van der Waals surface area contributed by atoms with E-state index in [9.17, 15) is 4.39 Å². The van der Waals surface area contributed by atoms with Crippen LogP contribution in [0.4, 0.5) is 4.39 Å². The van der Waals surface area contributed by atoms with Crippen LogP contribution in [0.15, 0.2) is 23.2 Å². The van der Waals surface area contributed by atoms with E-state index in [1.54, 1.807) is 12.1 Å². The van der Waals surface area contributed by atoms with Crippen molar-refractivity contribution in [1.29, 1.82) is 0 Å². The van der Waals surface area contributed by atoms with Crippen LogP contribution in [0.5, 0.6) is 0 Å². The summed E-state index contributed by atoms with van der Waals surface area (Å²) in [6.45, 7) is 6.25. The van der Waals surface area contributed by atoms with Gasteiger partial charge in [-0.25, -0.2) is 4.39 Å². The zero-order valence-corrected chi connectivity index (χ0v) is 16.6. The molecule has 2 unspecified atom stereocenters. The monoisotopic (exact) mass is 400 g/mol. The van der Waals surface area contributed by atoms with Gasteiger partial charge in [-0.05, 0) is 19.1 Å². The lowest BCUT2D eigenvalue weighted by molar-refractivity contribution is -0.0337. The van der Waals surface area contributed by atoms with Gasteiger partial charge >= 0.3 is 0 Å². The Morgan fingerprint density at radius 1 is 1.42 bits per heavy atom. The van der Waals surface area contributed by atoms with Crippen LogP contribution in [-0.2, 0) is 4.74 Å². The number of ether oxygens (including phenoxy) is 1. The zero-order chi connectivity index (χ0) is 18.5. The minimum absolute atomic E-state index is 0.0947. The van der Waals surface area contributed by atoms with Gasteiger partial charge in [0.2, 0.25) is 0 Å². The van der Waals surface area contributed by atoms with E-state index in [2.05, 4.69) is 14.8 Å². The average Bonchev–Trinajstić information content (AvgIpc) is 2.64.